The Hall–Kier alpha value is -2.39. The van der Waals surface area contributed by atoms with Gasteiger partial charge in [0.15, 0.2) is 0 Å². The Balaban J connectivity index is 1.23. The highest BCUT2D eigenvalue weighted by molar-refractivity contribution is 7.16. The third-order valence-corrected chi connectivity index (χ3v) is 8.57. The molecule has 1 aromatic heterocycles. The summed E-state index contributed by atoms with van der Waals surface area (Å²) in [6.07, 6.45) is 9.59. The zero-order chi connectivity index (χ0) is 26.7. The quantitative estimate of drug-likeness (QED) is 0.177. The number of aromatic nitrogens is 1. The van der Waals surface area contributed by atoms with E-state index in [9.17, 15) is 14.7 Å². The molecule has 9 heteroatoms. The van der Waals surface area contributed by atoms with Crippen LogP contribution in [0, 0.1) is 0 Å². The smallest absolute Gasteiger partial charge is 0.305 e. The van der Waals surface area contributed by atoms with Crippen LogP contribution in [0.5, 0.6) is 5.75 Å². The second-order valence-electron chi connectivity index (χ2n) is 10.1. The molecule has 4 rings (SSSR count). The van der Waals surface area contributed by atoms with Gasteiger partial charge in [0.1, 0.15) is 11.3 Å². The first-order chi connectivity index (χ1) is 18.5. The van der Waals surface area contributed by atoms with Gasteiger partial charge < -0.3 is 20.7 Å². The number of hydrogen-bond donors (Lipinski definition) is 4. The van der Waals surface area contributed by atoms with Gasteiger partial charge in [-0.15, -0.1) is 0 Å². The van der Waals surface area contributed by atoms with Gasteiger partial charge in [-0.3, -0.25) is 14.5 Å². The van der Waals surface area contributed by atoms with Gasteiger partial charge in [0, 0.05) is 43.7 Å². The number of aromatic hydroxyl groups is 1. The lowest BCUT2D eigenvalue weighted by Crippen LogP contribution is -2.42. The minimum Gasteiger partial charge on any atom is -0.506 e. The van der Waals surface area contributed by atoms with E-state index in [1.807, 2.05) is 30.3 Å². The fourth-order valence-electron chi connectivity index (χ4n) is 5.31. The zero-order valence-electron chi connectivity index (χ0n) is 21.9. The van der Waals surface area contributed by atoms with E-state index < -0.39 is 0 Å². The van der Waals surface area contributed by atoms with E-state index in [1.165, 1.54) is 38.5 Å². The van der Waals surface area contributed by atoms with Crippen LogP contribution in [0.15, 0.2) is 41.2 Å². The normalized spacial score (nSPS) is 14.7. The van der Waals surface area contributed by atoms with Crippen molar-refractivity contribution in [1.82, 2.24) is 20.5 Å². The summed E-state index contributed by atoms with van der Waals surface area (Å²) in [6.45, 7) is 3.92. The summed E-state index contributed by atoms with van der Waals surface area (Å²) in [5, 5.41) is 17.3. The molecular weight excluding hydrogens is 520 g/mol. The van der Waals surface area contributed by atoms with Crippen LogP contribution in [-0.4, -0.2) is 59.7 Å². The van der Waals surface area contributed by atoms with Gasteiger partial charge in [-0.25, -0.2) is 0 Å². The Bertz CT molecular complexity index is 1240. The number of benzene rings is 2. The number of halogens is 1. The average Bonchev–Trinajstić information content (AvgIpc) is 3.11. The largest absolute Gasteiger partial charge is 0.506 e. The summed E-state index contributed by atoms with van der Waals surface area (Å²) < 4.78 is 0.832. The predicted molar refractivity (Wildman–Crippen MR) is 157 cm³/mol. The van der Waals surface area contributed by atoms with E-state index in [-0.39, 0.29) is 16.5 Å². The number of aromatic amines is 1. The number of nitrogens with zero attached hydrogens (tertiary/aromatic N) is 1. The number of nitrogens with one attached hydrogen (secondary N) is 3. The first-order valence-electron chi connectivity index (χ1n) is 13.8. The second kappa shape index (κ2) is 14.7. The molecule has 1 fully saturated rings. The Labute approximate surface area is 233 Å². The molecule has 206 valence electrons. The van der Waals surface area contributed by atoms with E-state index in [0.717, 1.165) is 71.2 Å². The summed E-state index contributed by atoms with van der Waals surface area (Å²) in [5.41, 5.74) is 2.72. The average molecular weight is 559 g/mol. The Kier molecular flexibility index (Phi) is 11.1. The van der Waals surface area contributed by atoms with Crippen molar-refractivity contribution in [3.63, 3.8) is 0 Å². The minimum atomic E-state index is -0.150. The summed E-state index contributed by atoms with van der Waals surface area (Å²) in [5.74, 6) is 0.211. The molecule has 4 N–H and O–H groups in total. The van der Waals surface area contributed by atoms with Crippen LogP contribution in [0.1, 0.15) is 56.1 Å². The molecule has 0 spiro atoms. The fraction of sp³-hybridized carbons (Fsp3) is 0.517. The SMILES string of the molecule is O=C(CCN(CCNCCc1ccc(O)c2[nH]c(=O)sc12)C1CCCCCC1)NCCc1cccc(Cl)c1. The summed E-state index contributed by atoms with van der Waals surface area (Å²) in [7, 11) is 0. The molecule has 0 saturated heterocycles. The first-order valence-corrected chi connectivity index (χ1v) is 15.0. The molecule has 0 bridgehead atoms. The highest BCUT2D eigenvalue weighted by atomic mass is 35.5. The molecule has 1 aliphatic rings. The maximum Gasteiger partial charge on any atom is 0.305 e. The van der Waals surface area contributed by atoms with Crippen molar-refractivity contribution in [1.29, 1.82) is 0 Å². The number of amides is 1. The number of thiazole rings is 1. The number of phenolic OH excluding ortho intramolecular Hbond substituents is 1. The summed E-state index contributed by atoms with van der Waals surface area (Å²) in [4.78, 5) is 29.4. The van der Waals surface area contributed by atoms with Crippen molar-refractivity contribution in [2.75, 3.05) is 32.7 Å². The van der Waals surface area contributed by atoms with E-state index in [2.05, 4.69) is 20.5 Å². The van der Waals surface area contributed by atoms with Gasteiger partial charge in [0.05, 0.1) is 4.70 Å². The Morgan fingerprint density at radius 2 is 1.87 bits per heavy atom. The summed E-state index contributed by atoms with van der Waals surface area (Å²) in [6, 6.07) is 11.8. The van der Waals surface area contributed by atoms with Gasteiger partial charge in [0.2, 0.25) is 5.91 Å². The van der Waals surface area contributed by atoms with E-state index in [1.54, 1.807) is 6.07 Å². The van der Waals surface area contributed by atoms with Crippen molar-refractivity contribution >= 4 is 39.1 Å². The highest BCUT2D eigenvalue weighted by Gasteiger charge is 2.20. The maximum atomic E-state index is 12.6. The Morgan fingerprint density at radius 1 is 1.05 bits per heavy atom. The van der Waals surface area contributed by atoms with Crippen molar-refractivity contribution < 1.29 is 9.90 Å². The predicted octanol–water partition coefficient (Wildman–Crippen LogP) is 4.85. The van der Waals surface area contributed by atoms with Crippen LogP contribution in [0.2, 0.25) is 5.02 Å². The monoisotopic (exact) mass is 558 g/mol. The lowest BCUT2D eigenvalue weighted by atomic mass is 10.1. The third kappa shape index (κ3) is 8.56. The zero-order valence-corrected chi connectivity index (χ0v) is 23.5. The topological polar surface area (TPSA) is 97.5 Å². The molecule has 0 unspecified atom stereocenters. The number of rotatable bonds is 13. The van der Waals surface area contributed by atoms with Crippen LogP contribution >= 0.6 is 22.9 Å². The van der Waals surface area contributed by atoms with Crippen LogP contribution in [0.3, 0.4) is 0 Å². The molecular formula is C29H39ClN4O3S. The Morgan fingerprint density at radius 3 is 2.66 bits per heavy atom. The van der Waals surface area contributed by atoms with Gasteiger partial charge in [-0.1, -0.05) is 66.8 Å². The minimum absolute atomic E-state index is 0.0976. The molecule has 7 nitrogen and oxygen atoms in total. The van der Waals surface area contributed by atoms with Crippen LogP contribution in [-0.2, 0) is 17.6 Å². The highest BCUT2D eigenvalue weighted by Crippen LogP contribution is 2.28. The number of hydrogen-bond acceptors (Lipinski definition) is 6. The fourth-order valence-corrected chi connectivity index (χ4v) is 6.42. The molecule has 2 aromatic carbocycles. The van der Waals surface area contributed by atoms with Crippen molar-refractivity contribution in [3.8, 4) is 5.75 Å². The van der Waals surface area contributed by atoms with Crippen LogP contribution in [0.4, 0.5) is 0 Å². The van der Waals surface area contributed by atoms with Crippen molar-refractivity contribution in [3.05, 3.63) is 62.2 Å². The number of carbonyl (C=O) groups excluding carboxylic acids is 1. The number of H-pyrrole nitrogens is 1. The standard InChI is InChI=1S/C29H39ClN4O3S/c30-23-7-5-6-21(20-23)12-16-32-26(36)14-18-34(24-8-3-1-2-4-9-24)19-17-31-15-13-22-10-11-25(35)27-28(22)38-29(37)33-27/h5-7,10-11,20,24,31,35H,1-4,8-9,12-19H2,(H,32,36)(H,33,37). The van der Waals surface area contributed by atoms with Gasteiger partial charge in [-0.05, 0) is 61.6 Å². The molecule has 1 aliphatic carbocycles. The summed E-state index contributed by atoms with van der Waals surface area (Å²) >= 11 is 7.20. The van der Waals surface area contributed by atoms with E-state index in [4.69, 9.17) is 11.6 Å². The van der Waals surface area contributed by atoms with Crippen LogP contribution in [0.25, 0.3) is 10.2 Å². The molecule has 1 saturated carbocycles. The molecule has 1 amide bonds. The number of carbonyl (C=O) groups is 1. The van der Waals surface area contributed by atoms with Crippen molar-refractivity contribution in [2.24, 2.45) is 0 Å². The lowest BCUT2D eigenvalue weighted by molar-refractivity contribution is -0.121. The van der Waals surface area contributed by atoms with Crippen LogP contribution < -0.4 is 15.5 Å². The van der Waals surface area contributed by atoms with Crippen molar-refractivity contribution in [2.45, 2.75) is 63.8 Å². The first kappa shape index (κ1) is 28.6. The maximum absolute atomic E-state index is 12.6. The second-order valence-corrected chi connectivity index (χ2v) is 11.5. The molecule has 38 heavy (non-hydrogen) atoms. The molecule has 1 heterocycles. The number of phenols is 1. The number of fused-ring (bicyclic) bond motifs is 1. The lowest BCUT2D eigenvalue weighted by Gasteiger charge is -2.31. The van der Waals surface area contributed by atoms with Gasteiger partial charge in [0.25, 0.3) is 0 Å². The van der Waals surface area contributed by atoms with E-state index in [0.29, 0.717) is 24.5 Å². The molecule has 0 atom stereocenters. The van der Waals surface area contributed by atoms with Gasteiger partial charge >= 0.3 is 4.87 Å². The third-order valence-electron chi connectivity index (χ3n) is 7.38. The van der Waals surface area contributed by atoms with E-state index >= 15 is 0 Å². The molecule has 3 aromatic rings. The molecule has 0 aliphatic heterocycles. The van der Waals surface area contributed by atoms with Gasteiger partial charge in [-0.2, -0.15) is 0 Å². The molecule has 0 radical (unpaired) electrons.